The summed E-state index contributed by atoms with van der Waals surface area (Å²) in [5.74, 6) is 1.12. The zero-order chi connectivity index (χ0) is 19.2. The summed E-state index contributed by atoms with van der Waals surface area (Å²) in [6.45, 7) is 1.98. The number of nitrogens with zero attached hydrogens (tertiary/aromatic N) is 2. The third-order valence-electron chi connectivity index (χ3n) is 4.25. The lowest BCUT2D eigenvalue weighted by Gasteiger charge is -2.33. The van der Waals surface area contributed by atoms with Crippen LogP contribution in [0.5, 0.6) is 11.5 Å². The van der Waals surface area contributed by atoms with Gasteiger partial charge in [0.1, 0.15) is 22.5 Å². The molecule has 1 aliphatic rings. The van der Waals surface area contributed by atoms with Crippen LogP contribution in [-0.2, 0) is 15.8 Å². The summed E-state index contributed by atoms with van der Waals surface area (Å²) in [4.78, 5) is 14.6. The highest BCUT2D eigenvalue weighted by molar-refractivity contribution is 7.82. The second-order valence-corrected chi connectivity index (χ2v) is 7.85. The number of ether oxygens (including phenoxy) is 2. The summed E-state index contributed by atoms with van der Waals surface area (Å²) >= 11 is 6.03. The van der Waals surface area contributed by atoms with Crippen molar-refractivity contribution in [3.63, 3.8) is 0 Å². The quantitative estimate of drug-likeness (QED) is 0.737. The first kappa shape index (κ1) is 19.7. The number of amides is 1. The lowest BCUT2D eigenvalue weighted by molar-refractivity contribution is -0.134. The number of hydrogen-bond acceptors (Lipinski definition) is 4. The summed E-state index contributed by atoms with van der Waals surface area (Å²) in [5.41, 5.74) is 0. The Morgan fingerprint density at radius 1 is 1.11 bits per heavy atom. The van der Waals surface area contributed by atoms with Crippen LogP contribution in [0.1, 0.15) is 0 Å². The van der Waals surface area contributed by atoms with Gasteiger partial charge in [-0.2, -0.15) is 0 Å². The highest BCUT2D eigenvalue weighted by atomic mass is 35.5. The van der Waals surface area contributed by atoms with Gasteiger partial charge in [-0.3, -0.25) is 4.79 Å². The standard InChI is InChI=1S/C19H21ClN2O4S/c1-25-17-8-7-15(20)13-18(17)27(24)22-11-9-21(10-12-22)19(23)14-26-16-5-3-2-4-6-16/h2-8,13H,9-12,14H2,1H3. The molecule has 1 atom stereocenters. The van der Waals surface area contributed by atoms with Crippen molar-refractivity contribution in [1.82, 2.24) is 9.21 Å². The lowest BCUT2D eigenvalue weighted by atomic mass is 10.3. The van der Waals surface area contributed by atoms with Crippen LogP contribution in [0, 0.1) is 0 Å². The topological polar surface area (TPSA) is 59.1 Å². The van der Waals surface area contributed by atoms with Crippen LogP contribution in [0.3, 0.4) is 0 Å². The fourth-order valence-corrected chi connectivity index (χ4v) is 4.34. The first-order chi connectivity index (χ1) is 13.1. The van der Waals surface area contributed by atoms with Gasteiger partial charge in [0, 0.05) is 31.2 Å². The molecule has 0 N–H and O–H groups in total. The van der Waals surface area contributed by atoms with Crippen LogP contribution in [0.25, 0.3) is 0 Å². The van der Waals surface area contributed by atoms with E-state index in [2.05, 4.69) is 0 Å². The molecule has 2 aromatic carbocycles. The molecule has 1 heterocycles. The monoisotopic (exact) mass is 408 g/mol. The number of para-hydroxylation sites is 1. The largest absolute Gasteiger partial charge is 0.495 e. The van der Waals surface area contributed by atoms with Crippen molar-refractivity contribution in [3.05, 3.63) is 53.6 Å². The van der Waals surface area contributed by atoms with E-state index in [0.717, 1.165) is 0 Å². The van der Waals surface area contributed by atoms with Crippen molar-refractivity contribution >= 4 is 28.5 Å². The van der Waals surface area contributed by atoms with Crippen molar-refractivity contribution in [2.45, 2.75) is 4.90 Å². The van der Waals surface area contributed by atoms with Gasteiger partial charge in [0.05, 0.1) is 12.0 Å². The first-order valence-electron chi connectivity index (χ1n) is 8.54. The number of piperazine rings is 1. The summed E-state index contributed by atoms with van der Waals surface area (Å²) in [6, 6.07) is 14.3. The Bertz CT molecular complexity index is 811. The average molecular weight is 409 g/mol. The zero-order valence-electron chi connectivity index (χ0n) is 15.0. The van der Waals surface area contributed by atoms with Crippen LogP contribution in [0.2, 0.25) is 5.02 Å². The van der Waals surface area contributed by atoms with E-state index in [-0.39, 0.29) is 12.5 Å². The van der Waals surface area contributed by atoms with Crippen molar-refractivity contribution in [2.75, 3.05) is 39.9 Å². The second kappa shape index (κ2) is 9.21. The fraction of sp³-hybridized carbons (Fsp3) is 0.316. The van der Waals surface area contributed by atoms with E-state index in [4.69, 9.17) is 21.1 Å². The molecule has 0 spiro atoms. The second-order valence-electron chi connectivity index (χ2n) is 5.96. The Hall–Kier alpha value is -2.09. The van der Waals surface area contributed by atoms with Crippen LogP contribution in [0.4, 0.5) is 0 Å². The van der Waals surface area contributed by atoms with Gasteiger partial charge in [-0.05, 0) is 30.3 Å². The number of carbonyl (C=O) groups excluding carboxylic acids is 1. The number of halogens is 1. The van der Waals surface area contributed by atoms with Gasteiger partial charge < -0.3 is 14.4 Å². The maximum atomic E-state index is 12.9. The smallest absolute Gasteiger partial charge is 0.260 e. The van der Waals surface area contributed by atoms with Crippen molar-refractivity contribution < 1.29 is 18.5 Å². The Morgan fingerprint density at radius 2 is 1.81 bits per heavy atom. The third-order valence-corrected chi connectivity index (χ3v) is 6.01. The molecule has 3 rings (SSSR count). The zero-order valence-corrected chi connectivity index (χ0v) is 16.5. The van der Waals surface area contributed by atoms with Gasteiger partial charge in [-0.15, -0.1) is 0 Å². The van der Waals surface area contributed by atoms with Crippen molar-refractivity contribution in [2.24, 2.45) is 0 Å². The van der Waals surface area contributed by atoms with Crippen molar-refractivity contribution in [1.29, 1.82) is 0 Å². The summed E-state index contributed by atoms with van der Waals surface area (Å²) in [5, 5.41) is 0.506. The molecule has 0 bridgehead atoms. The molecule has 1 fully saturated rings. The van der Waals surface area contributed by atoms with Crippen LogP contribution >= 0.6 is 11.6 Å². The number of benzene rings is 2. The predicted molar refractivity (Wildman–Crippen MR) is 105 cm³/mol. The van der Waals surface area contributed by atoms with Crippen LogP contribution < -0.4 is 9.47 Å². The Balaban J connectivity index is 1.54. The van der Waals surface area contributed by atoms with Gasteiger partial charge in [0.15, 0.2) is 6.61 Å². The van der Waals surface area contributed by atoms with Crippen LogP contribution in [0.15, 0.2) is 53.4 Å². The summed E-state index contributed by atoms with van der Waals surface area (Å²) in [6.07, 6.45) is 0. The lowest BCUT2D eigenvalue weighted by Crippen LogP contribution is -2.50. The minimum Gasteiger partial charge on any atom is -0.495 e. The molecule has 1 amide bonds. The summed E-state index contributed by atoms with van der Waals surface area (Å²) < 4.78 is 25.5. The van der Waals surface area contributed by atoms with Gasteiger partial charge >= 0.3 is 0 Å². The molecule has 0 saturated carbocycles. The fourth-order valence-electron chi connectivity index (χ4n) is 2.78. The minimum absolute atomic E-state index is 0.00474. The van der Waals surface area contributed by atoms with Gasteiger partial charge in [-0.1, -0.05) is 29.8 Å². The molecule has 0 aliphatic carbocycles. The number of rotatable bonds is 6. The Kier molecular flexibility index (Phi) is 6.71. The molecule has 27 heavy (non-hydrogen) atoms. The molecule has 8 heteroatoms. The predicted octanol–water partition coefficient (Wildman–Crippen LogP) is 2.59. The molecule has 144 valence electrons. The number of hydrogen-bond donors (Lipinski definition) is 0. The van der Waals surface area contributed by atoms with E-state index in [9.17, 15) is 9.00 Å². The minimum atomic E-state index is -1.40. The maximum Gasteiger partial charge on any atom is 0.260 e. The number of carbonyl (C=O) groups is 1. The SMILES string of the molecule is COc1ccc(Cl)cc1S(=O)N1CCN(C(=O)COc2ccccc2)CC1. The van der Waals surface area contributed by atoms with E-state index >= 15 is 0 Å². The highest BCUT2D eigenvalue weighted by Gasteiger charge is 2.26. The van der Waals surface area contributed by atoms with E-state index < -0.39 is 11.0 Å². The van der Waals surface area contributed by atoms with E-state index in [1.165, 1.54) is 7.11 Å². The normalized spacial score (nSPS) is 16.0. The Morgan fingerprint density at radius 3 is 2.48 bits per heavy atom. The van der Waals surface area contributed by atoms with Crippen LogP contribution in [-0.4, -0.2) is 59.2 Å². The molecule has 0 aromatic heterocycles. The third kappa shape index (κ3) is 5.00. The highest BCUT2D eigenvalue weighted by Crippen LogP contribution is 2.27. The van der Waals surface area contributed by atoms with E-state index in [0.29, 0.717) is 47.6 Å². The van der Waals surface area contributed by atoms with Gasteiger partial charge in [-0.25, -0.2) is 8.51 Å². The molecule has 1 aliphatic heterocycles. The van der Waals surface area contributed by atoms with Gasteiger partial charge in [0.25, 0.3) is 5.91 Å². The van der Waals surface area contributed by atoms with E-state index in [1.54, 1.807) is 23.1 Å². The molecule has 1 saturated heterocycles. The molecular formula is C19H21ClN2O4S. The van der Waals surface area contributed by atoms with Crippen molar-refractivity contribution in [3.8, 4) is 11.5 Å². The molecule has 2 aromatic rings. The Labute approximate surface area is 166 Å². The van der Waals surface area contributed by atoms with Gasteiger partial charge in [0.2, 0.25) is 0 Å². The maximum absolute atomic E-state index is 12.9. The number of methoxy groups -OCH3 is 1. The molecular weight excluding hydrogens is 388 g/mol. The summed E-state index contributed by atoms with van der Waals surface area (Å²) in [7, 11) is 0.137. The molecule has 1 unspecified atom stereocenters. The first-order valence-corrected chi connectivity index (χ1v) is 10.0. The molecule has 6 nitrogen and oxygen atoms in total. The molecule has 0 radical (unpaired) electrons. The van der Waals surface area contributed by atoms with E-state index in [1.807, 2.05) is 34.6 Å². The average Bonchev–Trinajstić information content (AvgIpc) is 2.72.